The highest BCUT2D eigenvalue weighted by Gasteiger charge is 2.42. The summed E-state index contributed by atoms with van der Waals surface area (Å²) in [5, 5.41) is 14.2. The van der Waals surface area contributed by atoms with E-state index in [9.17, 15) is 27.2 Å². The second-order valence-electron chi connectivity index (χ2n) is 9.75. The molecule has 1 aliphatic carbocycles. The third-order valence-corrected chi connectivity index (χ3v) is 10.00. The van der Waals surface area contributed by atoms with Gasteiger partial charge in [-0.2, -0.15) is 4.31 Å². The maximum Gasteiger partial charge on any atom is 0.250 e. The summed E-state index contributed by atoms with van der Waals surface area (Å²) >= 11 is 0.861. The number of thiazole rings is 1. The third kappa shape index (κ3) is 6.57. The number of nitrogens with one attached hydrogen (secondary N) is 3. The van der Waals surface area contributed by atoms with Gasteiger partial charge >= 0.3 is 0 Å². The van der Waals surface area contributed by atoms with Crippen molar-refractivity contribution >= 4 is 55.0 Å². The molecule has 5 rings (SSSR count). The molecule has 1 atom stereocenters. The maximum absolute atomic E-state index is 15.2. The largest absolute Gasteiger partial charge is 0.387 e. The van der Waals surface area contributed by atoms with Gasteiger partial charge in [0.1, 0.15) is 23.2 Å². The number of anilines is 1. The maximum atomic E-state index is 15.2. The normalized spacial score (nSPS) is 16.6. The fourth-order valence-electron chi connectivity index (χ4n) is 4.36. The number of benzene rings is 2. The number of aromatic nitrogens is 1. The first-order valence-corrected chi connectivity index (χ1v) is 15.3. The Bertz CT molecular complexity index is 1640. The summed E-state index contributed by atoms with van der Waals surface area (Å²) in [5.41, 5.74) is -0.0106. The van der Waals surface area contributed by atoms with Crippen LogP contribution in [0.15, 0.2) is 30.3 Å². The van der Waals surface area contributed by atoms with Crippen LogP contribution in [0.25, 0.3) is 21.3 Å². The molecule has 1 saturated carbocycles. The van der Waals surface area contributed by atoms with Crippen LogP contribution >= 0.6 is 11.3 Å². The van der Waals surface area contributed by atoms with Gasteiger partial charge < -0.3 is 25.8 Å². The molecular formula is C26H27F2N5O7S2. The van der Waals surface area contributed by atoms with E-state index < -0.39 is 57.8 Å². The SMILES string of the molecule is O=C(CO)Nc1ccc(-c2cc3sc(C(C(=O)NCC(=O)NC4CC4)S(=O)(=O)N4CCOCC4)nc3cc2F)cc1F. The highest BCUT2D eigenvalue weighted by molar-refractivity contribution is 7.90. The molecule has 1 aromatic heterocycles. The predicted octanol–water partition coefficient (Wildman–Crippen LogP) is 1.27. The number of sulfonamides is 1. The molecule has 42 heavy (non-hydrogen) atoms. The van der Waals surface area contributed by atoms with Gasteiger partial charge in [0.25, 0.3) is 0 Å². The summed E-state index contributed by atoms with van der Waals surface area (Å²) in [4.78, 5) is 41.1. The molecular weight excluding hydrogens is 596 g/mol. The van der Waals surface area contributed by atoms with Crippen LogP contribution in [0.3, 0.4) is 0 Å². The van der Waals surface area contributed by atoms with E-state index in [1.165, 1.54) is 18.2 Å². The number of rotatable bonds is 10. The van der Waals surface area contributed by atoms with E-state index in [1.54, 1.807) is 0 Å². The number of ether oxygens (including phenoxy) is 1. The lowest BCUT2D eigenvalue weighted by molar-refractivity contribution is -0.126. The molecule has 4 N–H and O–H groups in total. The summed E-state index contributed by atoms with van der Waals surface area (Å²) in [5.74, 6) is -3.86. The first-order valence-electron chi connectivity index (χ1n) is 13.0. The monoisotopic (exact) mass is 623 g/mol. The Labute approximate surface area is 243 Å². The molecule has 1 saturated heterocycles. The average molecular weight is 624 g/mol. The summed E-state index contributed by atoms with van der Waals surface area (Å²) in [6, 6.07) is 6.07. The van der Waals surface area contributed by atoms with Gasteiger partial charge in [0.05, 0.1) is 35.7 Å². The lowest BCUT2D eigenvalue weighted by Gasteiger charge is -2.29. The number of carbonyl (C=O) groups excluding carboxylic acids is 3. The van der Waals surface area contributed by atoms with Crippen LogP contribution in [0, 0.1) is 11.6 Å². The van der Waals surface area contributed by atoms with E-state index in [0.717, 1.165) is 40.6 Å². The summed E-state index contributed by atoms with van der Waals surface area (Å²) < 4.78 is 63.9. The zero-order valence-electron chi connectivity index (χ0n) is 22.1. The molecule has 2 heterocycles. The van der Waals surface area contributed by atoms with Crippen molar-refractivity contribution in [3.05, 3.63) is 47.0 Å². The molecule has 0 bridgehead atoms. The van der Waals surface area contributed by atoms with Crippen LogP contribution in [0.2, 0.25) is 0 Å². The quantitative estimate of drug-likeness (QED) is 0.262. The Hall–Kier alpha value is -3.57. The minimum atomic E-state index is -4.32. The van der Waals surface area contributed by atoms with E-state index in [-0.39, 0.29) is 59.7 Å². The number of halogens is 2. The molecule has 12 nitrogen and oxygen atoms in total. The first-order chi connectivity index (χ1) is 20.1. The van der Waals surface area contributed by atoms with Crippen molar-refractivity contribution in [3.63, 3.8) is 0 Å². The summed E-state index contributed by atoms with van der Waals surface area (Å²) in [7, 11) is -4.32. The Balaban J connectivity index is 1.47. The third-order valence-electron chi connectivity index (χ3n) is 6.65. The van der Waals surface area contributed by atoms with Crippen LogP contribution in [0.5, 0.6) is 0 Å². The van der Waals surface area contributed by atoms with Crippen molar-refractivity contribution in [2.45, 2.75) is 24.1 Å². The van der Waals surface area contributed by atoms with E-state index >= 15 is 4.39 Å². The van der Waals surface area contributed by atoms with Gasteiger partial charge in [0, 0.05) is 30.8 Å². The molecule has 0 spiro atoms. The molecule has 1 aliphatic heterocycles. The smallest absolute Gasteiger partial charge is 0.250 e. The lowest BCUT2D eigenvalue weighted by Crippen LogP contribution is -2.47. The number of morpholine rings is 1. The van der Waals surface area contributed by atoms with Crippen molar-refractivity contribution in [2.75, 3.05) is 44.8 Å². The summed E-state index contributed by atoms with van der Waals surface area (Å²) in [6.45, 7) is -0.922. The van der Waals surface area contributed by atoms with E-state index in [1.807, 2.05) is 0 Å². The van der Waals surface area contributed by atoms with E-state index in [2.05, 4.69) is 20.9 Å². The van der Waals surface area contributed by atoms with Crippen LogP contribution in [-0.4, -0.2) is 86.0 Å². The van der Waals surface area contributed by atoms with Gasteiger partial charge in [-0.15, -0.1) is 11.3 Å². The fraction of sp³-hybridized carbons (Fsp3) is 0.385. The number of aliphatic hydroxyl groups excluding tert-OH is 1. The lowest BCUT2D eigenvalue weighted by atomic mass is 10.0. The zero-order valence-corrected chi connectivity index (χ0v) is 23.7. The average Bonchev–Trinajstić information content (AvgIpc) is 3.69. The van der Waals surface area contributed by atoms with E-state index in [0.29, 0.717) is 4.70 Å². The standard InChI is InChI=1S/C26H27F2N5O7S2/c27-17-11-20-21(10-16(17)14-1-4-19(18(28)9-14)31-23(36)13-34)41-26(32-20)24(42(38,39)33-5-7-40-8-6-33)25(37)29-12-22(35)30-15-2-3-15/h1,4,9-11,15,24,34H,2-3,5-8,12-13H2,(H,29,37)(H,30,35)(H,31,36). The summed E-state index contributed by atoms with van der Waals surface area (Å²) in [6.07, 6.45) is 1.68. The number of hydrogen-bond acceptors (Lipinski definition) is 9. The number of aliphatic hydroxyl groups is 1. The van der Waals surface area contributed by atoms with Crippen molar-refractivity contribution in [2.24, 2.45) is 0 Å². The molecule has 3 aromatic rings. The zero-order chi connectivity index (χ0) is 30.0. The Morgan fingerprint density at radius 3 is 2.50 bits per heavy atom. The number of fused-ring (bicyclic) bond motifs is 1. The topological polar surface area (TPSA) is 167 Å². The highest BCUT2D eigenvalue weighted by Crippen LogP contribution is 2.37. The number of nitrogens with zero attached hydrogens (tertiary/aromatic N) is 2. The van der Waals surface area contributed by atoms with Crippen LogP contribution in [0.4, 0.5) is 14.5 Å². The minimum absolute atomic E-state index is 0.0228. The molecule has 2 fully saturated rings. The Morgan fingerprint density at radius 1 is 1.10 bits per heavy atom. The van der Waals surface area contributed by atoms with Crippen LogP contribution in [0.1, 0.15) is 23.1 Å². The van der Waals surface area contributed by atoms with Gasteiger partial charge in [-0.25, -0.2) is 22.2 Å². The molecule has 16 heteroatoms. The number of carbonyl (C=O) groups is 3. The van der Waals surface area contributed by atoms with Crippen molar-refractivity contribution in [3.8, 4) is 11.1 Å². The number of hydrogen-bond donors (Lipinski definition) is 4. The second-order valence-corrected chi connectivity index (χ2v) is 12.8. The molecule has 3 amide bonds. The van der Waals surface area contributed by atoms with Gasteiger partial charge in [-0.05, 0) is 36.6 Å². The molecule has 2 aliphatic rings. The van der Waals surface area contributed by atoms with Gasteiger partial charge in [-0.3, -0.25) is 14.4 Å². The van der Waals surface area contributed by atoms with Gasteiger partial charge in [0.2, 0.25) is 33.0 Å². The van der Waals surface area contributed by atoms with E-state index in [4.69, 9.17) is 9.84 Å². The van der Waals surface area contributed by atoms with Crippen molar-refractivity contribution in [1.29, 1.82) is 0 Å². The van der Waals surface area contributed by atoms with Gasteiger partial charge in [-0.1, -0.05) is 6.07 Å². The van der Waals surface area contributed by atoms with Crippen molar-refractivity contribution in [1.82, 2.24) is 19.9 Å². The predicted molar refractivity (Wildman–Crippen MR) is 149 cm³/mol. The minimum Gasteiger partial charge on any atom is -0.387 e. The highest BCUT2D eigenvalue weighted by atomic mass is 32.2. The van der Waals surface area contributed by atoms with Crippen LogP contribution < -0.4 is 16.0 Å². The second kappa shape index (κ2) is 12.3. The molecule has 0 radical (unpaired) electrons. The Morgan fingerprint density at radius 2 is 1.83 bits per heavy atom. The van der Waals surface area contributed by atoms with Crippen molar-refractivity contribution < 1.29 is 41.4 Å². The molecule has 1 unspecified atom stereocenters. The molecule has 2 aromatic carbocycles. The first kappa shape index (κ1) is 29.9. The van der Waals surface area contributed by atoms with Gasteiger partial charge in [0.15, 0.2) is 0 Å². The van der Waals surface area contributed by atoms with Crippen LogP contribution in [-0.2, 0) is 29.1 Å². The fourth-order valence-corrected chi connectivity index (χ4v) is 7.46. The Kier molecular flexibility index (Phi) is 8.79. The molecule has 224 valence electrons. The number of amides is 3.